The van der Waals surface area contributed by atoms with E-state index < -0.39 is 0 Å². The molecule has 214 valence electrons. The topological polar surface area (TPSA) is 130 Å². The van der Waals surface area contributed by atoms with Gasteiger partial charge in [-0.2, -0.15) is 4.98 Å². The molecule has 7 rings (SSSR count). The number of nitrogen functional groups attached to an aromatic ring is 1. The van der Waals surface area contributed by atoms with Crippen molar-refractivity contribution in [3.8, 4) is 11.3 Å². The lowest BCUT2D eigenvalue weighted by atomic mass is 10.1. The van der Waals surface area contributed by atoms with Crippen LogP contribution < -0.4 is 20.4 Å². The lowest BCUT2D eigenvalue weighted by Gasteiger charge is -2.36. The normalized spacial score (nSPS) is 17.0. The van der Waals surface area contributed by atoms with Crippen molar-refractivity contribution >= 4 is 35.0 Å². The molecule has 3 aliphatic rings. The van der Waals surface area contributed by atoms with E-state index in [0.29, 0.717) is 37.8 Å². The summed E-state index contributed by atoms with van der Waals surface area (Å²) >= 11 is 0. The van der Waals surface area contributed by atoms with Gasteiger partial charge >= 0.3 is 0 Å². The minimum absolute atomic E-state index is 0.0558. The number of hydrogen-bond donors (Lipinski definition) is 1. The van der Waals surface area contributed by atoms with Crippen LogP contribution in [0.15, 0.2) is 61.2 Å². The molecule has 0 saturated carbocycles. The number of amides is 1. The molecule has 2 saturated heterocycles. The largest absolute Gasteiger partial charge is 0.378 e. The average Bonchev–Trinajstić information content (AvgIpc) is 3.49. The van der Waals surface area contributed by atoms with Crippen LogP contribution in [0, 0.1) is 0 Å². The molecule has 0 unspecified atom stereocenters. The van der Waals surface area contributed by atoms with E-state index in [0.717, 1.165) is 73.2 Å². The highest BCUT2D eigenvalue weighted by Gasteiger charge is 2.30. The summed E-state index contributed by atoms with van der Waals surface area (Å²) in [6, 6.07) is 11.9. The Morgan fingerprint density at radius 3 is 2.21 bits per heavy atom. The van der Waals surface area contributed by atoms with Crippen LogP contribution >= 0.6 is 0 Å². The molecule has 3 aliphatic heterocycles. The molecule has 2 fully saturated rings. The van der Waals surface area contributed by atoms with Crippen molar-refractivity contribution in [3.63, 3.8) is 0 Å². The molecule has 0 atom stereocenters. The van der Waals surface area contributed by atoms with Gasteiger partial charge in [0.2, 0.25) is 11.9 Å². The number of rotatable bonds is 5. The van der Waals surface area contributed by atoms with Gasteiger partial charge in [0, 0.05) is 98.7 Å². The Labute approximate surface area is 243 Å². The number of piperazine rings is 1. The maximum atomic E-state index is 13.3. The molecule has 1 aromatic carbocycles. The van der Waals surface area contributed by atoms with Crippen LogP contribution in [0.1, 0.15) is 15.9 Å². The molecule has 1 amide bonds. The fourth-order valence-corrected chi connectivity index (χ4v) is 5.79. The summed E-state index contributed by atoms with van der Waals surface area (Å²) in [5.41, 5.74) is 11.2. The zero-order chi connectivity index (χ0) is 28.5. The van der Waals surface area contributed by atoms with Crippen LogP contribution in [0.5, 0.6) is 0 Å². The summed E-state index contributed by atoms with van der Waals surface area (Å²) in [5, 5.41) is 0. The summed E-state index contributed by atoms with van der Waals surface area (Å²) in [6.45, 7) is 6.44. The van der Waals surface area contributed by atoms with E-state index in [2.05, 4.69) is 29.7 Å². The molecular weight excluding hydrogens is 532 g/mol. The molecule has 0 spiro atoms. The third kappa shape index (κ3) is 5.05. The van der Waals surface area contributed by atoms with Gasteiger partial charge in [-0.3, -0.25) is 9.78 Å². The van der Waals surface area contributed by atoms with E-state index in [9.17, 15) is 4.79 Å². The first-order valence-electron chi connectivity index (χ1n) is 14.3. The lowest BCUT2D eigenvalue weighted by molar-refractivity contribution is 0.0747. The maximum absolute atomic E-state index is 13.3. The smallest absolute Gasteiger partial charge is 0.253 e. The third-order valence-electron chi connectivity index (χ3n) is 8.07. The lowest BCUT2D eigenvalue weighted by Crippen LogP contribution is -2.48. The summed E-state index contributed by atoms with van der Waals surface area (Å²) in [6.07, 6.45) is 7.81. The molecule has 0 aliphatic carbocycles. The van der Waals surface area contributed by atoms with E-state index in [1.54, 1.807) is 24.8 Å². The average molecular weight is 565 g/mol. The number of aromatic nitrogens is 5. The Bertz CT molecular complexity index is 1550. The third-order valence-corrected chi connectivity index (χ3v) is 8.07. The Morgan fingerprint density at radius 1 is 0.786 bits per heavy atom. The number of nitrogens with two attached hydrogens (primary N) is 1. The Hall–Kier alpha value is -4.84. The summed E-state index contributed by atoms with van der Waals surface area (Å²) < 4.78 is 5.55. The van der Waals surface area contributed by atoms with Crippen molar-refractivity contribution in [1.82, 2.24) is 29.8 Å². The zero-order valence-electron chi connectivity index (χ0n) is 23.3. The highest BCUT2D eigenvalue weighted by Crippen LogP contribution is 2.39. The molecule has 42 heavy (non-hydrogen) atoms. The molecule has 0 bridgehead atoms. The fraction of sp³-hybridized carbons (Fsp3) is 0.333. The monoisotopic (exact) mass is 564 g/mol. The van der Waals surface area contributed by atoms with Gasteiger partial charge in [0.15, 0.2) is 0 Å². The SMILES string of the molecule is Nc1ncc(-c2nc(N3CCOCC3)nc3c2CCN3c2ccc(C(=O)N3CCN(c4ccncc4)CC3)cc2)cn1. The van der Waals surface area contributed by atoms with Crippen LogP contribution in [-0.2, 0) is 11.2 Å². The number of fused-ring (bicyclic) bond motifs is 1. The Morgan fingerprint density at radius 2 is 1.50 bits per heavy atom. The second-order valence-electron chi connectivity index (χ2n) is 10.5. The van der Waals surface area contributed by atoms with Gasteiger partial charge in [-0.05, 0) is 42.8 Å². The highest BCUT2D eigenvalue weighted by molar-refractivity contribution is 5.95. The summed E-state index contributed by atoms with van der Waals surface area (Å²) in [4.78, 5) is 44.4. The summed E-state index contributed by atoms with van der Waals surface area (Å²) in [7, 11) is 0. The molecule has 12 heteroatoms. The van der Waals surface area contributed by atoms with Gasteiger partial charge in [0.25, 0.3) is 5.91 Å². The molecule has 2 N–H and O–H groups in total. The minimum atomic E-state index is 0.0558. The number of anilines is 5. The van der Waals surface area contributed by atoms with E-state index in [1.165, 1.54) is 0 Å². The first kappa shape index (κ1) is 26.1. The standard InChI is InChI=1S/C30H32N10O2/c31-29-33-19-22(20-34-29)26-25-7-10-40(27(25)36-30(35-26)39-15-17-42-18-16-39)24-3-1-21(2-4-24)28(41)38-13-11-37(12-14-38)23-5-8-32-9-6-23/h1-6,8-9,19-20H,7,10-18H2,(H2,31,33,34). The first-order chi connectivity index (χ1) is 20.6. The maximum Gasteiger partial charge on any atom is 0.253 e. The molecular formula is C30H32N10O2. The second kappa shape index (κ2) is 11.2. The van der Waals surface area contributed by atoms with Crippen LogP contribution in [0.25, 0.3) is 11.3 Å². The predicted molar refractivity (Wildman–Crippen MR) is 160 cm³/mol. The number of nitrogens with zero attached hydrogens (tertiary/aromatic N) is 9. The number of carbonyl (C=O) groups excluding carboxylic acids is 1. The molecule has 3 aromatic heterocycles. The molecule has 12 nitrogen and oxygen atoms in total. The Balaban J connectivity index is 1.12. The van der Waals surface area contributed by atoms with Crippen molar-refractivity contribution in [1.29, 1.82) is 0 Å². The summed E-state index contributed by atoms with van der Waals surface area (Å²) in [5.74, 6) is 1.81. The first-order valence-corrected chi connectivity index (χ1v) is 14.3. The van der Waals surface area contributed by atoms with E-state index in [1.807, 2.05) is 41.3 Å². The van der Waals surface area contributed by atoms with Gasteiger partial charge in [-0.1, -0.05) is 0 Å². The van der Waals surface area contributed by atoms with Crippen molar-refractivity contribution < 1.29 is 9.53 Å². The van der Waals surface area contributed by atoms with Crippen LogP contribution in [0.3, 0.4) is 0 Å². The molecule has 0 radical (unpaired) electrons. The van der Waals surface area contributed by atoms with Crippen molar-refractivity contribution in [2.45, 2.75) is 6.42 Å². The number of ether oxygens (including phenoxy) is 1. The van der Waals surface area contributed by atoms with E-state index in [-0.39, 0.29) is 11.9 Å². The number of hydrogen-bond acceptors (Lipinski definition) is 11. The van der Waals surface area contributed by atoms with Gasteiger partial charge in [-0.15, -0.1) is 0 Å². The fourth-order valence-electron chi connectivity index (χ4n) is 5.79. The second-order valence-corrected chi connectivity index (χ2v) is 10.5. The van der Waals surface area contributed by atoms with Crippen LogP contribution in [-0.4, -0.2) is 94.8 Å². The predicted octanol–water partition coefficient (Wildman–Crippen LogP) is 2.40. The quantitative estimate of drug-likeness (QED) is 0.384. The van der Waals surface area contributed by atoms with Gasteiger partial charge in [-0.25, -0.2) is 15.0 Å². The van der Waals surface area contributed by atoms with Gasteiger partial charge in [0.1, 0.15) is 5.82 Å². The molecule has 6 heterocycles. The van der Waals surface area contributed by atoms with Crippen molar-refractivity contribution in [2.24, 2.45) is 0 Å². The van der Waals surface area contributed by atoms with E-state index in [4.69, 9.17) is 20.4 Å². The van der Waals surface area contributed by atoms with Crippen LogP contribution in [0.4, 0.5) is 29.1 Å². The van der Waals surface area contributed by atoms with E-state index >= 15 is 0 Å². The van der Waals surface area contributed by atoms with Crippen LogP contribution in [0.2, 0.25) is 0 Å². The number of pyridine rings is 1. The number of benzene rings is 1. The van der Waals surface area contributed by atoms with Crippen molar-refractivity contribution in [3.05, 3.63) is 72.3 Å². The molecule has 4 aromatic rings. The van der Waals surface area contributed by atoms with Gasteiger partial charge in [0.05, 0.1) is 18.9 Å². The Kier molecular flexibility index (Phi) is 6.96. The zero-order valence-corrected chi connectivity index (χ0v) is 23.3. The number of carbonyl (C=O) groups is 1. The van der Waals surface area contributed by atoms with Gasteiger partial charge < -0.3 is 30.1 Å². The minimum Gasteiger partial charge on any atom is -0.378 e. The highest BCUT2D eigenvalue weighted by atomic mass is 16.5. The van der Waals surface area contributed by atoms with Crippen molar-refractivity contribution in [2.75, 3.05) is 79.5 Å². The number of morpholine rings is 1.